The molecule has 5 heteroatoms. The number of hydrogen-bond donors (Lipinski definition) is 2. The molecule has 1 aromatic carbocycles. The zero-order valence-electron chi connectivity index (χ0n) is 11.4. The fraction of sp³-hybridized carbons (Fsp3) is 0.188. The van der Waals surface area contributed by atoms with Crippen LogP contribution in [0, 0.1) is 11.8 Å². The number of carbonyl (C=O) groups is 1. The van der Waals surface area contributed by atoms with Crippen LogP contribution in [0.3, 0.4) is 0 Å². The molecule has 0 aliphatic rings. The Balaban J connectivity index is 2.03. The third-order valence-electron chi connectivity index (χ3n) is 2.87. The quantitative estimate of drug-likeness (QED) is 0.853. The summed E-state index contributed by atoms with van der Waals surface area (Å²) in [4.78, 5) is 12.6. The van der Waals surface area contributed by atoms with Crippen molar-refractivity contribution in [3.8, 4) is 11.8 Å². The van der Waals surface area contributed by atoms with Crippen molar-refractivity contribution in [1.82, 2.24) is 5.32 Å². The largest absolute Gasteiger partial charge is 0.384 e. The minimum Gasteiger partial charge on any atom is -0.384 e. The first kappa shape index (κ1) is 15.6. The number of halogens is 1. The lowest BCUT2D eigenvalue weighted by molar-refractivity contribution is 0.0944. The molecule has 2 N–H and O–H groups in total. The third-order valence-corrected chi connectivity index (χ3v) is 4.10. The van der Waals surface area contributed by atoms with Crippen LogP contribution in [-0.4, -0.2) is 17.6 Å². The molecule has 0 saturated heterocycles. The van der Waals surface area contributed by atoms with Gasteiger partial charge < -0.3 is 10.4 Å². The van der Waals surface area contributed by atoms with Gasteiger partial charge in [-0.15, -0.1) is 11.3 Å². The van der Waals surface area contributed by atoms with Crippen LogP contribution < -0.4 is 5.32 Å². The van der Waals surface area contributed by atoms with Gasteiger partial charge in [0, 0.05) is 5.56 Å². The molecule has 0 radical (unpaired) electrons. The molecule has 2 aromatic rings. The maximum atomic E-state index is 12.0. The Morgan fingerprint density at radius 1 is 1.33 bits per heavy atom. The fourth-order valence-corrected chi connectivity index (χ4v) is 2.73. The van der Waals surface area contributed by atoms with Crippen molar-refractivity contribution >= 4 is 28.8 Å². The highest BCUT2D eigenvalue weighted by Gasteiger charge is 2.13. The molecular weight excluding hydrogens is 306 g/mol. The van der Waals surface area contributed by atoms with E-state index in [2.05, 4.69) is 17.2 Å². The zero-order valence-corrected chi connectivity index (χ0v) is 13.0. The number of benzene rings is 1. The molecule has 108 valence electrons. The number of aliphatic hydroxyl groups excluding tert-OH is 1. The summed E-state index contributed by atoms with van der Waals surface area (Å²) >= 11 is 7.08. The summed E-state index contributed by atoms with van der Waals surface area (Å²) in [5.74, 6) is 5.29. The maximum absolute atomic E-state index is 12.0. The van der Waals surface area contributed by atoms with Crippen molar-refractivity contribution < 1.29 is 9.90 Å². The summed E-state index contributed by atoms with van der Waals surface area (Å²) in [6.45, 7) is 1.76. The van der Waals surface area contributed by atoms with E-state index in [0.717, 1.165) is 11.1 Å². The van der Waals surface area contributed by atoms with E-state index in [9.17, 15) is 4.79 Å². The Labute approximate surface area is 132 Å². The van der Waals surface area contributed by atoms with Gasteiger partial charge >= 0.3 is 0 Å². The van der Waals surface area contributed by atoms with Crippen molar-refractivity contribution in [2.45, 2.75) is 13.0 Å². The van der Waals surface area contributed by atoms with Crippen LogP contribution >= 0.6 is 22.9 Å². The fourth-order valence-electron chi connectivity index (χ4n) is 1.78. The number of carbonyl (C=O) groups excluding carboxylic acids is 1. The minimum atomic E-state index is -0.155. The SMILES string of the molecule is CC(NC(=O)c1ccc(Cl)s1)c1ccc(C#CCO)cc1. The number of hydrogen-bond acceptors (Lipinski definition) is 3. The van der Waals surface area contributed by atoms with Crippen molar-refractivity contribution in [3.05, 3.63) is 56.7 Å². The monoisotopic (exact) mass is 319 g/mol. The summed E-state index contributed by atoms with van der Waals surface area (Å²) in [6.07, 6.45) is 0. The Hall–Kier alpha value is -1.80. The molecule has 3 nitrogen and oxygen atoms in total. The van der Waals surface area contributed by atoms with Gasteiger partial charge in [-0.2, -0.15) is 0 Å². The third kappa shape index (κ3) is 4.33. The normalized spacial score (nSPS) is 11.4. The van der Waals surface area contributed by atoms with Crippen molar-refractivity contribution in [1.29, 1.82) is 0 Å². The van der Waals surface area contributed by atoms with Gasteiger partial charge in [0.2, 0.25) is 0 Å². The van der Waals surface area contributed by atoms with Gasteiger partial charge in [-0.1, -0.05) is 35.6 Å². The highest BCUT2D eigenvalue weighted by atomic mass is 35.5. The zero-order chi connectivity index (χ0) is 15.2. The molecule has 0 aliphatic heterocycles. The van der Waals surface area contributed by atoms with Gasteiger partial charge in [0.1, 0.15) is 6.61 Å². The standard InChI is InChI=1S/C16H14ClNO2S/c1-11(18-16(20)14-8-9-15(17)21-14)13-6-4-12(5-7-13)3-2-10-19/h4-9,11,19H,10H2,1H3,(H,18,20). The average Bonchev–Trinajstić information content (AvgIpc) is 2.92. The van der Waals surface area contributed by atoms with Crippen molar-refractivity contribution in [3.63, 3.8) is 0 Å². The first-order valence-electron chi connectivity index (χ1n) is 6.36. The first-order valence-corrected chi connectivity index (χ1v) is 7.55. The molecule has 2 rings (SSSR count). The lowest BCUT2D eigenvalue weighted by atomic mass is 10.1. The summed E-state index contributed by atoms with van der Waals surface area (Å²) in [7, 11) is 0. The van der Waals surface area contributed by atoms with E-state index in [4.69, 9.17) is 16.7 Å². The summed E-state index contributed by atoms with van der Waals surface area (Å²) in [6, 6.07) is 10.9. The smallest absolute Gasteiger partial charge is 0.261 e. The number of amides is 1. The maximum Gasteiger partial charge on any atom is 0.261 e. The van der Waals surface area contributed by atoms with Gasteiger partial charge in [0.25, 0.3) is 5.91 Å². The molecule has 1 aromatic heterocycles. The van der Waals surface area contributed by atoms with E-state index in [-0.39, 0.29) is 18.6 Å². The van der Waals surface area contributed by atoms with Crippen molar-refractivity contribution in [2.75, 3.05) is 6.61 Å². The molecule has 1 atom stereocenters. The van der Waals surface area contributed by atoms with Gasteiger partial charge in [0.15, 0.2) is 0 Å². The van der Waals surface area contributed by atoms with Crippen LogP contribution in [0.15, 0.2) is 36.4 Å². The van der Waals surface area contributed by atoms with E-state index in [0.29, 0.717) is 9.21 Å². The van der Waals surface area contributed by atoms with Crippen LogP contribution in [0.2, 0.25) is 4.34 Å². The van der Waals surface area contributed by atoms with Gasteiger partial charge in [0.05, 0.1) is 15.3 Å². The summed E-state index contributed by atoms with van der Waals surface area (Å²) in [5.41, 5.74) is 1.82. The van der Waals surface area contributed by atoms with E-state index in [1.165, 1.54) is 11.3 Å². The Morgan fingerprint density at radius 3 is 2.62 bits per heavy atom. The van der Waals surface area contributed by atoms with E-state index in [1.807, 2.05) is 31.2 Å². The van der Waals surface area contributed by atoms with E-state index in [1.54, 1.807) is 12.1 Å². The molecule has 0 saturated carbocycles. The summed E-state index contributed by atoms with van der Waals surface area (Å²) < 4.78 is 0.597. The Morgan fingerprint density at radius 2 is 2.05 bits per heavy atom. The van der Waals surface area contributed by atoms with Crippen LogP contribution in [0.1, 0.15) is 33.8 Å². The topological polar surface area (TPSA) is 49.3 Å². The second-order valence-corrected chi connectivity index (χ2v) is 6.10. The number of nitrogens with one attached hydrogen (secondary N) is 1. The molecule has 1 amide bonds. The van der Waals surface area contributed by atoms with Gasteiger partial charge in [-0.25, -0.2) is 0 Å². The van der Waals surface area contributed by atoms with E-state index >= 15 is 0 Å². The average molecular weight is 320 g/mol. The Kier molecular flexibility index (Phi) is 5.40. The summed E-state index contributed by atoms with van der Waals surface area (Å²) in [5, 5.41) is 11.6. The predicted molar refractivity (Wildman–Crippen MR) is 85.6 cm³/mol. The van der Waals surface area contributed by atoms with Gasteiger partial charge in [-0.05, 0) is 36.8 Å². The number of aliphatic hydroxyl groups is 1. The van der Waals surface area contributed by atoms with Gasteiger partial charge in [-0.3, -0.25) is 4.79 Å². The lowest BCUT2D eigenvalue weighted by Gasteiger charge is -2.13. The number of rotatable bonds is 3. The molecule has 0 bridgehead atoms. The van der Waals surface area contributed by atoms with Crippen LogP contribution in [-0.2, 0) is 0 Å². The number of thiophene rings is 1. The highest BCUT2D eigenvalue weighted by molar-refractivity contribution is 7.17. The first-order chi connectivity index (χ1) is 10.1. The van der Waals surface area contributed by atoms with E-state index < -0.39 is 0 Å². The molecule has 0 spiro atoms. The van der Waals surface area contributed by atoms with Crippen LogP contribution in [0.4, 0.5) is 0 Å². The van der Waals surface area contributed by atoms with Crippen molar-refractivity contribution in [2.24, 2.45) is 0 Å². The molecule has 1 heterocycles. The molecule has 21 heavy (non-hydrogen) atoms. The minimum absolute atomic E-state index is 0.113. The lowest BCUT2D eigenvalue weighted by Crippen LogP contribution is -2.25. The van der Waals surface area contributed by atoms with Crippen LogP contribution in [0.5, 0.6) is 0 Å². The Bertz CT molecular complexity index is 682. The molecule has 0 fully saturated rings. The molecule has 0 aliphatic carbocycles. The highest BCUT2D eigenvalue weighted by Crippen LogP contribution is 2.22. The molecule has 1 unspecified atom stereocenters. The van der Waals surface area contributed by atoms with Crippen LogP contribution in [0.25, 0.3) is 0 Å². The predicted octanol–water partition coefficient (Wildman–Crippen LogP) is 3.24. The second-order valence-electron chi connectivity index (χ2n) is 4.38. The molecular formula is C16H14ClNO2S. The second kappa shape index (κ2) is 7.28.